The Bertz CT molecular complexity index is 164. The van der Waals surface area contributed by atoms with Crippen molar-refractivity contribution < 1.29 is 42.6 Å². The third-order valence-electron chi connectivity index (χ3n) is 2.18. The molecule has 13 heavy (non-hydrogen) atoms. The molecule has 1 radical (unpaired) electrons. The first-order valence-corrected chi connectivity index (χ1v) is 3.95. The van der Waals surface area contributed by atoms with Crippen LogP contribution in [0.4, 0.5) is 0 Å². The molecular formula is C9H17NO2Y-2. The van der Waals surface area contributed by atoms with Gasteiger partial charge in [0.25, 0.3) is 0 Å². The van der Waals surface area contributed by atoms with Crippen molar-refractivity contribution in [3.63, 3.8) is 0 Å². The molecule has 2 atom stereocenters. The Hall–Kier alpha value is 0.404. The van der Waals surface area contributed by atoms with Gasteiger partial charge in [-0.15, -0.1) is 0 Å². The summed E-state index contributed by atoms with van der Waals surface area (Å²) in [6, 6.07) is 0.204. The van der Waals surface area contributed by atoms with E-state index in [0.717, 1.165) is 6.42 Å². The van der Waals surface area contributed by atoms with Gasteiger partial charge in [0.1, 0.15) is 0 Å². The molecule has 0 unspecified atom stereocenters. The number of hydrogen-bond acceptors (Lipinski definition) is 2. The van der Waals surface area contributed by atoms with Crippen molar-refractivity contribution in [2.24, 2.45) is 0 Å². The van der Waals surface area contributed by atoms with Gasteiger partial charge in [0.15, 0.2) is 0 Å². The maximum absolute atomic E-state index is 10.9. The van der Waals surface area contributed by atoms with E-state index in [1.165, 1.54) is 0 Å². The molecule has 1 saturated heterocycles. The minimum absolute atomic E-state index is 0. The molecule has 0 spiro atoms. The van der Waals surface area contributed by atoms with E-state index in [2.05, 4.69) is 6.92 Å². The van der Waals surface area contributed by atoms with Gasteiger partial charge in [-0.25, -0.2) is 0 Å². The molecule has 1 amide bonds. The monoisotopic (exact) mass is 260 g/mol. The van der Waals surface area contributed by atoms with Crippen LogP contribution in [0, 0.1) is 14.4 Å². The summed E-state index contributed by atoms with van der Waals surface area (Å²) in [5.74, 6) is -0.173. The number of rotatable bonds is 1. The smallest absolute Gasteiger partial charge is 0.0826 e. The van der Waals surface area contributed by atoms with Crippen molar-refractivity contribution in [2.45, 2.75) is 31.9 Å². The van der Waals surface area contributed by atoms with E-state index >= 15 is 0 Å². The van der Waals surface area contributed by atoms with Gasteiger partial charge in [-0.1, -0.05) is 6.92 Å². The molecule has 0 aromatic rings. The molecule has 1 fully saturated rings. The summed E-state index contributed by atoms with van der Waals surface area (Å²) < 4.78 is 0. The Kier molecular flexibility index (Phi) is 8.29. The first-order chi connectivity index (χ1) is 5.15. The van der Waals surface area contributed by atoms with Crippen LogP contribution in [0.3, 0.4) is 0 Å². The van der Waals surface area contributed by atoms with Crippen molar-refractivity contribution in [3.05, 3.63) is 14.4 Å². The number of aliphatic hydroxyl groups is 1. The molecule has 0 aromatic carbocycles. The van der Waals surface area contributed by atoms with Gasteiger partial charge in [-0.2, -0.15) is 0 Å². The molecule has 3 nitrogen and oxygen atoms in total. The molecule has 1 heterocycles. The van der Waals surface area contributed by atoms with Gasteiger partial charge >= 0.3 is 0 Å². The zero-order chi connectivity index (χ0) is 8.43. The van der Waals surface area contributed by atoms with Gasteiger partial charge in [0.05, 0.1) is 12.0 Å². The molecule has 4 heteroatoms. The second kappa shape index (κ2) is 6.80. The topological polar surface area (TPSA) is 40.5 Å². The van der Waals surface area contributed by atoms with Gasteiger partial charge in [0, 0.05) is 45.3 Å². The number of amides is 1. The average Bonchev–Trinajstić information content (AvgIpc) is 2.30. The summed E-state index contributed by atoms with van der Waals surface area (Å²) in [6.45, 7) is 5.80. The van der Waals surface area contributed by atoms with Crippen LogP contribution in [0.5, 0.6) is 0 Å². The molecule has 0 aromatic heterocycles. The van der Waals surface area contributed by atoms with Crippen molar-refractivity contribution in [3.8, 4) is 0 Å². The fourth-order valence-electron chi connectivity index (χ4n) is 1.58. The largest absolute Gasteiger partial charge is 0.391 e. The zero-order valence-electron chi connectivity index (χ0n) is 8.36. The van der Waals surface area contributed by atoms with Crippen molar-refractivity contribution in [1.82, 2.24) is 4.90 Å². The minimum atomic E-state index is -0.342. The van der Waals surface area contributed by atoms with Crippen LogP contribution in [-0.4, -0.2) is 34.6 Å². The van der Waals surface area contributed by atoms with Crippen LogP contribution < -0.4 is 0 Å². The summed E-state index contributed by atoms with van der Waals surface area (Å²) in [5.41, 5.74) is 0. The predicted octanol–water partition coefficient (Wildman–Crippen LogP) is 0.640. The van der Waals surface area contributed by atoms with E-state index < -0.39 is 0 Å². The van der Waals surface area contributed by atoms with Crippen LogP contribution in [0.25, 0.3) is 0 Å². The fourth-order valence-corrected chi connectivity index (χ4v) is 1.58. The Morgan fingerprint density at radius 1 is 1.69 bits per heavy atom. The van der Waals surface area contributed by atoms with Crippen molar-refractivity contribution in [1.29, 1.82) is 0 Å². The van der Waals surface area contributed by atoms with Crippen LogP contribution in [-0.2, 0) is 37.5 Å². The molecule has 1 rings (SSSR count). The summed E-state index contributed by atoms with van der Waals surface area (Å²) in [6.07, 6.45) is 1.27. The van der Waals surface area contributed by atoms with Crippen LogP contribution in [0.2, 0.25) is 0 Å². The molecule has 0 saturated carbocycles. The minimum Gasteiger partial charge on any atom is -0.391 e. The molecular weight excluding hydrogens is 243 g/mol. The normalized spacial score (nSPS) is 26.2. The number of carbonyl (C=O) groups excluding carboxylic acids is 1. The number of β-amino-alcohol motifs (C(OH)–C–C–N with tert-alkyl or cyclic N) is 1. The summed E-state index contributed by atoms with van der Waals surface area (Å²) in [7, 11) is 0. The second-order valence-electron chi connectivity index (χ2n) is 3.00. The summed E-state index contributed by atoms with van der Waals surface area (Å²) >= 11 is 0. The number of nitrogens with zero attached hydrogens (tertiary/aromatic N) is 1. The first-order valence-electron chi connectivity index (χ1n) is 3.95. The SMILES string of the molecule is [CH2-]C(=O)N1C[C@H](O)C[C@H]1CC.[CH3-].[Y]. The number of aliphatic hydroxyl groups excluding tert-OH is 1. The van der Waals surface area contributed by atoms with Crippen LogP contribution in [0.1, 0.15) is 19.8 Å². The zero-order valence-corrected chi connectivity index (χ0v) is 11.2. The molecule has 75 valence electrons. The number of carbonyl (C=O) groups is 1. The third-order valence-corrected chi connectivity index (χ3v) is 2.18. The van der Waals surface area contributed by atoms with E-state index in [0.29, 0.717) is 13.0 Å². The van der Waals surface area contributed by atoms with Crippen molar-refractivity contribution >= 4 is 5.91 Å². The molecule has 1 aliphatic rings. The van der Waals surface area contributed by atoms with Gasteiger partial charge in [-0.05, 0) is 12.8 Å². The van der Waals surface area contributed by atoms with Crippen molar-refractivity contribution in [2.75, 3.05) is 6.54 Å². The predicted molar refractivity (Wildman–Crippen MR) is 48.2 cm³/mol. The Morgan fingerprint density at radius 2 is 2.23 bits per heavy atom. The van der Waals surface area contributed by atoms with E-state index in [9.17, 15) is 9.90 Å². The van der Waals surface area contributed by atoms with E-state index in [4.69, 9.17) is 0 Å². The Labute approximate surface area is 106 Å². The van der Waals surface area contributed by atoms with Crippen LogP contribution in [0.15, 0.2) is 0 Å². The number of hydrogen-bond donors (Lipinski definition) is 1. The molecule has 0 bridgehead atoms. The fraction of sp³-hybridized carbons (Fsp3) is 0.667. The van der Waals surface area contributed by atoms with E-state index in [-0.39, 0.29) is 58.2 Å². The van der Waals surface area contributed by atoms with Gasteiger partial charge in [0.2, 0.25) is 0 Å². The van der Waals surface area contributed by atoms with Gasteiger partial charge in [-0.3, -0.25) is 0 Å². The molecule has 1 N–H and O–H groups in total. The summed E-state index contributed by atoms with van der Waals surface area (Å²) in [5, 5.41) is 9.23. The third kappa shape index (κ3) is 3.96. The Balaban J connectivity index is 0. The molecule has 1 aliphatic heterocycles. The van der Waals surface area contributed by atoms with Crippen LogP contribution >= 0.6 is 0 Å². The van der Waals surface area contributed by atoms with Gasteiger partial charge < -0.3 is 29.2 Å². The quantitative estimate of drug-likeness (QED) is 0.703. The average molecular weight is 260 g/mol. The Morgan fingerprint density at radius 3 is 2.54 bits per heavy atom. The first kappa shape index (κ1) is 15.9. The maximum Gasteiger partial charge on any atom is 0.0826 e. The summed E-state index contributed by atoms with van der Waals surface area (Å²) in [4.78, 5) is 12.5. The second-order valence-corrected chi connectivity index (χ2v) is 3.00. The number of likely N-dealkylation sites (tertiary alicyclic amines) is 1. The molecule has 0 aliphatic carbocycles. The van der Waals surface area contributed by atoms with E-state index in [1.54, 1.807) is 4.90 Å². The maximum atomic E-state index is 10.9. The standard InChI is InChI=1S/C8H14NO2.CH3.Y/c1-3-7-4-8(11)5-9(7)6(2)10;;/h7-8,11H,2-5H2,1H3;1H3;/q2*-1;/t7-,8-;;/m1../s1. The van der Waals surface area contributed by atoms with E-state index in [1.807, 2.05) is 6.92 Å².